The molecule has 0 atom stereocenters. The summed E-state index contributed by atoms with van der Waals surface area (Å²) >= 11 is 1.51. The molecule has 0 bridgehead atoms. The highest BCUT2D eigenvalue weighted by Crippen LogP contribution is 2.18. The molecule has 1 aromatic carbocycles. The van der Waals surface area contributed by atoms with Gasteiger partial charge in [-0.05, 0) is 18.6 Å². The predicted molar refractivity (Wildman–Crippen MR) is 69.9 cm³/mol. The van der Waals surface area contributed by atoms with E-state index in [1.54, 1.807) is 12.1 Å². The molecule has 1 aromatic heterocycles. The Morgan fingerprint density at radius 3 is 2.94 bits per heavy atom. The molecule has 18 heavy (non-hydrogen) atoms. The zero-order valence-electron chi connectivity index (χ0n) is 9.90. The minimum atomic E-state index is -0.367. The largest absolute Gasteiger partial charge is 0.357 e. The third-order valence-electron chi connectivity index (χ3n) is 2.53. The minimum Gasteiger partial charge on any atom is -0.357 e. The molecule has 5 heteroatoms. The van der Waals surface area contributed by atoms with Crippen LogP contribution in [-0.4, -0.2) is 4.98 Å². The van der Waals surface area contributed by atoms with Crippen LogP contribution >= 0.6 is 11.3 Å². The summed E-state index contributed by atoms with van der Waals surface area (Å²) in [6, 6.07) is 6.39. The fourth-order valence-electron chi connectivity index (χ4n) is 1.48. The zero-order valence-corrected chi connectivity index (χ0v) is 10.7. The van der Waals surface area contributed by atoms with E-state index in [4.69, 9.17) is 5.26 Å². The summed E-state index contributed by atoms with van der Waals surface area (Å²) in [5.41, 5.74) is 1.89. The third-order valence-corrected chi connectivity index (χ3v) is 3.38. The molecule has 0 aliphatic rings. The predicted octanol–water partition coefficient (Wildman–Crippen LogP) is 3.33. The highest BCUT2D eigenvalue weighted by atomic mass is 32.1. The summed E-state index contributed by atoms with van der Waals surface area (Å²) in [4.78, 5) is 4.34. The quantitative estimate of drug-likeness (QED) is 0.918. The van der Waals surface area contributed by atoms with Gasteiger partial charge in [-0.1, -0.05) is 13.0 Å². The molecule has 1 heterocycles. The van der Waals surface area contributed by atoms with Crippen LogP contribution in [0.2, 0.25) is 0 Å². The molecule has 0 saturated carbocycles. The summed E-state index contributed by atoms with van der Waals surface area (Å²) in [5, 5.41) is 14.5. The Morgan fingerprint density at radius 2 is 2.33 bits per heavy atom. The van der Waals surface area contributed by atoms with E-state index in [0.29, 0.717) is 17.7 Å². The molecule has 3 nitrogen and oxygen atoms in total. The Balaban J connectivity index is 2.04. The van der Waals surface area contributed by atoms with Gasteiger partial charge in [-0.2, -0.15) is 5.26 Å². The highest BCUT2D eigenvalue weighted by Gasteiger charge is 2.05. The second kappa shape index (κ2) is 5.61. The van der Waals surface area contributed by atoms with Gasteiger partial charge in [-0.15, -0.1) is 11.3 Å². The number of nitriles is 1. The van der Waals surface area contributed by atoms with Crippen LogP contribution < -0.4 is 5.32 Å². The third kappa shape index (κ3) is 2.84. The van der Waals surface area contributed by atoms with Crippen molar-refractivity contribution in [1.29, 1.82) is 5.26 Å². The molecular weight excluding hydrogens is 249 g/mol. The fourth-order valence-corrected chi connectivity index (χ4v) is 2.27. The molecule has 0 aliphatic carbocycles. The molecule has 0 spiro atoms. The van der Waals surface area contributed by atoms with Crippen molar-refractivity contribution in [3.8, 4) is 6.07 Å². The van der Waals surface area contributed by atoms with Crippen molar-refractivity contribution in [2.75, 3.05) is 5.32 Å². The van der Waals surface area contributed by atoms with Crippen molar-refractivity contribution in [1.82, 2.24) is 4.98 Å². The van der Waals surface area contributed by atoms with Crippen LogP contribution in [-0.2, 0) is 13.0 Å². The average molecular weight is 261 g/mol. The average Bonchev–Trinajstić information content (AvgIpc) is 2.85. The van der Waals surface area contributed by atoms with E-state index in [1.807, 2.05) is 18.4 Å². The molecule has 0 saturated heterocycles. The molecule has 2 aromatic rings. The first-order valence-electron chi connectivity index (χ1n) is 5.59. The number of hydrogen-bond acceptors (Lipinski definition) is 4. The summed E-state index contributed by atoms with van der Waals surface area (Å²) in [6.07, 6.45) is 0.892. The van der Waals surface area contributed by atoms with E-state index in [0.717, 1.165) is 17.2 Å². The summed E-state index contributed by atoms with van der Waals surface area (Å²) in [7, 11) is 0. The number of nitrogens with one attached hydrogen (secondary N) is 1. The van der Waals surface area contributed by atoms with Crippen LogP contribution in [0.15, 0.2) is 23.6 Å². The van der Waals surface area contributed by atoms with Crippen molar-refractivity contribution in [3.63, 3.8) is 0 Å². The van der Waals surface area contributed by atoms with Gasteiger partial charge in [0.15, 0.2) is 5.13 Å². The number of halogens is 1. The molecule has 0 aliphatic heterocycles. The number of rotatable bonds is 4. The summed E-state index contributed by atoms with van der Waals surface area (Å²) < 4.78 is 13.6. The molecule has 0 radical (unpaired) electrons. The Morgan fingerprint density at radius 1 is 1.50 bits per heavy atom. The maximum absolute atomic E-state index is 13.6. The van der Waals surface area contributed by atoms with E-state index in [1.165, 1.54) is 17.4 Å². The number of nitrogens with zero attached hydrogens (tertiary/aromatic N) is 2. The van der Waals surface area contributed by atoms with Gasteiger partial charge in [0.2, 0.25) is 0 Å². The standard InChI is InChI=1S/C13H12FN3S/c1-2-11-8-18-13(17-11)16-7-10-4-3-9(6-15)5-12(10)14/h3-5,8H,2,7H2,1H3,(H,16,17). The first-order valence-corrected chi connectivity index (χ1v) is 6.47. The van der Waals surface area contributed by atoms with E-state index < -0.39 is 0 Å². The number of anilines is 1. The van der Waals surface area contributed by atoms with Gasteiger partial charge in [0.25, 0.3) is 0 Å². The molecule has 0 unspecified atom stereocenters. The lowest BCUT2D eigenvalue weighted by Crippen LogP contribution is -2.02. The van der Waals surface area contributed by atoms with E-state index >= 15 is 0 Å². The Labute approximate surface area is 109 Å². The lowest BCUT2D eigenvalue weighted by Gasteiger charge is -2.04. The van der Waals surface area contributed by atoms with Gasteiger partial charge < -0.3 is 5.32 Å². The van der Waals surface area contributed by atoms with Crippen molar-refractivity contribution in [2.45, 2.75) is 19.9 Å². The van der Waals surface area contributed by atoms with Gasteiger partial charge in [-0.25, -0.2) is 9.37 Å². The Hall–Kier alpha value is -1.93. The molecule has 0 fully saturated rings. The van der Waals surface area contributed by atoms with E-state index in [2.05, 4.69) is 10.3 Å². The molecule has 1 N–H and O–H groups in total. The second-order valence-electron chi connectivity index (χ2n) is 3.77. The fraction of sp³-hybridized carbons (Fsp3) is 0.231. The lowest BCUT2D eigenvalue weighted by molar-refractivity contribution is 0.612. The van der Waals surface area contributed by atoms with Crippen molar-refractivity contribution < 1.29 is 4.39 Å². The van der Waals surface area contributed by atoms with Gasteiger partial charge in [0, 0.05) is 17.5 Å². The van der Waals surface area contributed by atoms with Crippen molar-refractivity contribution >= 4 is 16.5 Å². The topological polar surface area (TPSA) is 48.7 Å². The number of aromatic nitrogens is 1. The normalized spacial score (nSPS) is 10.1. The van der Waals surface area contributed by atoms with E-state index in [-0.39, 0.29) is 5.82 Å². The summed E-state index contributed by atoms with van der Waals surface area (Å²) in [6.45, 7) is 2.41. The Bertz CT molecular complexity index is 586. The first kappa shape index (κ1) is 12.5. The molecule has 0 amide bonds. The van der Waals surface area contributed by atoms with Gasteiger partial charge in [0.05, 0.1) is 17.3 Å². The molecular formula is C13H12FN3S. The smallest absolute Gasteiger partial charge is 0.183 e. The van der Waals surface area contributed by atoms with Crippen LogP contribution in [0.25, 0.3) is 0 Å². The maximum atomic E-state index is 13.6. The second-order valence-corrected chi connectivity index (χ2v) is 4.63. The Kier molecular flexibility index (Phi) is 3.90. The number of thiazole rings is 1. The SMILES string of the molecule is CCc1csc(NCc2ccc(C#N)cc2F)n1. The zero-order chi connectivity index (χ0) is 13.0. The van der Waals surface area contributed by atoms with Crippen LogP contribution in [0, 0.1) is 17.1 Å². The van der Waals surface area contributed by atoms with Gasteiger partial charge in [-0.3, -0.25) is 0 Å². The summed E-state index contributed by atoms with van der Waals surface area (Å²) in [5.74, 6) is -0.367. The van der Waals surface area contributed by atoms with Crippen LogP contribution in [0.3, 0.4) is 0 Å². The van der Waals surface area contributed by atoms with Crippen molar-refractivity contribution in [2.24, 2.45) is 0 Å². The van der Waals surface area contributed by atoms with Gasteiger partial charge >= 0.3 is 0 Å². The van der Waals surface area contributed by atoms with Gasteiger partial charge in [0.1, 0.15) is 5.82 Å². The molecule has 2 rings (SSSR count). The minimum absolute atomic E-state index is 0.332. The highest BCUT2D eigenvalue weighted by molar-refractivity contribution is 7.13. The van der Waals surface area contributed by atoms with Crippen LogP contribution in [0.5, 0.6) is 0 Å². The number of benzene rings is 1. The molecule has 92 valence electrons. The van der Waals surface area contributed by atoms with Crippen LogP contribution in [0.4, 0.5) is 9.52 Å². The van der Waals surface area contributed by atoms with E-state index in [9.17, 15) is 4.39 Å². The van der Waals surface area contributed by atoms with Crippen molar-refractivity contribution in [3.05, 3.63) is 46.2 Å². The first-order chi connectivity index (χ1) is 8.72. The monoisotopic (exact) mass is 261 g/mol. The lowest BCUT2D eigenvalue weighted by atomic mass is 10.1. The number of aryl methyl sites for hydroxylation is 1. The number of hydrogen-bond donors (Lipinski definition) is 1. The van der Waals surface area contributed by atoms with Crippen LogP contribution in [0.1, 0.15) is 23.7 Å². The maximum Gasteiger partial charge on any atom is 0.183 e.